The first-order chi connectivity index (χ1) is 8.06. The molecule has 0 fully saturated rings. The van der Waals surface area contributed by atoms with Crippen molar-refractivity contribution < 1.29 is 13.0 Å². The van der Waals surface area contributed by atoms with Crippen LogP contribution in [0.2, 0.25) is 0 Å². The normalized spacial score (nSPS) is 13.8. The number of nitrogens with zero attached hydrogens (tertiary/aromatic N) is 1. The molecule has 0 N–H and O–H groups in total. The summed E-state index contributed by atoms with van der Waals surface area (Å²) in [5.41, 5.74) is 0.325. The molecule has 0 aromatic heterocycles. The second kappa shape index (κ2) is 6.59. The van der Waals surface area contributed by atoms with Gasteiger partial charge in [-0.25, -0.2) is 13.0 Å². The Hall–Kier alpha value is -1.10. The molecule has 0 unspecified atom stereocenters. The lowest BCUT2D eigenvalue weighted by Gasteiger charge is -2.03. The third-order valence-corrected chi connectivity index (χ3v) is 3.37. The molecule has 0 saturated heterocycles. The SMILES string of the molecule is CCCC[S@](=O)N=C(C)c1cccc(F)c1F. The monoisotopic (exact) mass is 259 g/mol. The van der Waals surface area contributed by atoms with Gasteiger partial charge in [-0.15, -0.1) is 0 Å². The number of rotatable bonds is 5. The van der Waals surface area contributed by atoms with Crippen LogP contribution in [-0.2, 0) is 11.0 Å². The lowest BCUT2D eigenvalue weighted by Crippen LogP contribution is -2.04. The summed E-state index contributed by atoms with van der Waals surface area (Å²) in [6, 6.07) is 3.87. The van der Waals surface area contributed by atoms with E-state index in [4.69, 9.17) is 0 Å². The van der Waals surface area contributed by atoms with E-state index in [-0.39, 0.29) is 11.3 Å². The third kappa shape index (κ3) is 4.00. The Bertz CT molecular complexity index is 446. The van der Waals surface area contributed by atoms with Gasteiger partial charge >= 0.3 is 0 Å². The van der Waals surface area contributed by atoms with Crippen molar-refractivity contribution in [2.75, 3.05) is 5.75 Å². The van der Waals surface area contributed by atoms with Crippen LogP contribution >= 0.6 is 0 Å². The van der Waals surface area contributed by atoms with Crippen LogP contribution in [0.1, 0.15) is 32.3 Å². The zero-order valence-electron chi connectivity index (χ0n) is 9.87. The van der Waals surface area contributed by atoms with Crippen LogP contribution < -0.4 is 0 Å². The Labute approximate surface area is 102 Å². The third-order valence-electron chi connectivity index (χ3n) is 2.25. The molecule has 0 aliphatic rings. The molecule has 1 aromatic rings. The van der Waals surface area contributed by atoms with E-state index in [0.29, 0.717) is 5.75 Å². The minimum Gasteiger partial charge on any atom is -0.235 e. The topological polar surface area (TPSA) is 29.4 Å². The summed E-state index contributed by atoms with van der Waals surface area (Å²) in [7, 11) is -1.37. The van der Waals surface area contributed by atoms with Crippen molar-refractivity contribution in [3.63, 3.8) is 0 Å². The summed E-state index contributed by atoms with van der Waals surface area (Å²) < 4.78 is 41.7. The first-order valence-corrected chi connectivity index (χ1v) is 6.72. The van der Waals surface area contributed by atoms with Crippen molar-refractivity contribution in [2.45, 2.75) is 26.7 Å². The fraction of sp³-hybridized carbons (Fsp3) is 0.417. The Balaban J connectivity index is 2.88. The van der Waals surface area contributed by atoms with E-state index in [0.717, 1.165) is 18.9 Å². The van der Waals surface area contributed by atoms with Gasteiger partial charge in [-0.2, -0.15) is 4.40 Å². The summed E-state index contributed by atoms with van der Waals surface area (Å²) >= 11 is 0. The van der Waals surface area contributed by atoms with E-state index in [2.05, 4.69) is 4.40 Å². The van der Waals surface area contributed by atoms with E-state index in [1.165, 1.54) is 19.1 Å². The van der Waals surface area contributed by atoms with Crippen molar-refractivity contribution in [3.8, 4) is 0 Å². The molecule has 1 rings (SSSR count). The van der Waals surface area contributed by atoms with Gasteiger partial charge < -0.3 is 0 Å². The molecule has 5 heteroatoms. The minimum absolute atomic E-state index is 0.0647. The van der Waals surface area contributed by atoms with Crippen LogP contribution in [-0.4, -0.2) is 15.7 Å². The molecule has 17 heavy (non-hydrogen) atoms. The van der Waals surface area contributed by atoms with Crippen LogP contribution in [0, 0.1) is 11.6 Å². The quantitative estimate of drug-likeness (QED) is 0.746. The molecule has 0 aliphatic heterocycles. The molecule has 0 spiro atoms. The van der Waals surface area contributed by atoms with Gasteiger partial charge in [0, 0.05) is 11.3 Å². The summed E-state index contributed by atoms with van der Waals surface area (Å²) in [5.74, 6) is -1.41. The zero-order valence-corrected chi connectivity index (χ0v) is 10.7. The minimum atomic E-state index is -1.37. The van der Waals surface area contributed by atoms with E-state index in [1.54, 1.807) is 0 Å². The highest BCUT2D eigenvalue weighted by molar-refractivity contribution is 7.83. The van der Waals surface area contributed by atoms with Crippen LogP contribution in [0.3, 0.4) is 0 Å². The van der Waals surface area contributed by atoms with Crippen molar-refractivity contribution >= 4 is 16.7 Å². The highest BCUT2D eigenvalue weighted by atomic mass is 32.2. The molecule has 2 nitrogen and oxygen atoms in total. The molecular weight excluding hydrogens is 244 g/mol. The lowest BCUT2D eigenvalue weighted by molar-refractivity contribution is 0.507. The number of hydrogen-bond donors (Lipinski definition) is 0. The number of halogens is 2. The van der Waals surface area contributed by atoms with Gasteiger partial charge in [0.25, 0.3) is 0 Å². The second-order valence-corrected chi connectivity index (χ2v) is 4.89. The maximum Gasteiger partial charge on any atom is 0.167 e. The number of hydrogen-bond acceptors (Lipinski definition) is 1. The van der Waals surface area contributed by atoms with Crippen LogP contribution in [0.5, 0.6) is 0 Å². The van der Waals surface area contributed by atoms with Crippen LogP contribution in [0.15, 0.2) is 22.6 Å². The summed E-state index contributed by atoms with van der Waals surface area (Å²) in [6.07, 6.45) is 1.73. The van der Waals surface area contributed by atoms with Crippen molar-refractivity contribution in [1.82, 2.24) is 0 Å². The Morgan fingerprint density at radius 2 is 2.12 bits per heavy atom. The molecule has 0 radical (unpaired) electrons. The standard InChI is InChI=1S/C12H15F2NOS/c1-3-4-8-17(16)15-9(2)10-6-5-7-11(13)12(10)14/h5-7H,3-4,8H2,1-2H3/t17-/m0/s1. The number of benzene rings is 1. The van der Waals surface area contributed by atoms with Crippen LogP contribution in [0.4, 0.5) is 8.78 Å². The molecule has 1 aromatic carbocycles. The summed E-state index contributed by atoms with van der Waals surface area (Å²) in [5, 5.41) is 0. The largest absolute Gasteiger partial charge is 0.235 e. The maximum atomic E-state index is 13.4. The lowest BCUT2D eigenvalue weighted by atomic mass is 10.1. The van der Waals surface area contributed by atoms with Crippen molar-refractivity contribution in [1.29, 1.82) is 0 Å². The highest BCUT2D eigenvalue weighted by Crippen LogP contribution is 2.13. The molecular formula is C12H15F2NOS. The van der Waals surface area contributed by atoms with E-state index in [9.17, 15) is 13.0 Å². The predicted molar refractivity (Wildman–Crippen MR) is 66.5 cm³/mol. The van der Waals surface area contributed by atoms with Gasteiger partial charge in [0.05, 0.1) is 5.71 Å². The van der Waals surface area contributed by atoms with Crippen LogP contribution in [0.25, 0.3) is 0 Å². The van der Waals surface area contributed by atoms with Crippen molar-refractivity contribution in [3.05, 3.63) is 35.4 Å². The van der Waals surface area contributed by atoms with Gasteiger partial charge in [-0.05, 0) is 25.5 Å². The Kier molecular flexibility index (Phi) is 5.41. The molecule has 1 atom stereocenters. The van der Waals surface area contributed by atoms with Gasteiger partial charge in [0.2, 0.25) is 0 Å². The van der Waals surface area contributed by atoms with Crippen molar-refractivity contribution in [2.24, 2.45) is 4.40 Å². The maximum absolute atomic E-state index is 13.4. The van der Waals surface area contributed by atoms with E-state index >= 15 is 0 Å². The predicted octanol–water partition coefficient (Wildman–Crippen LogP) is 3.24. The summed E-state index contributed by atoms with van der Waals surface area (Å²) in [4.78, 5) is 0. The van der Waals surface area contributed by atoms with E-state index < -0.39 is 22.6 Å². The molecule has 0 saturated carbocycles. The molecule has 0 aliphatic carbocycles. The fourth-order valence-corrected chi connectivity index (χ4v) is 2.33. The molecule has 0 bridgehead atoms. The smallest absolute Gasteiger partial charge is 0.167 e. The van der Waals surface area contributed by atoms with Gasteiger partial charge in [0.1, 0.15) is 11.0 Å². The Morgan fingerprint density at radius 3 is 2.76 bits per heavy atom. The fourth-order valence-electron chi connectivity index (χ4n) is 1.30. The summed E-state index contributed by atoms with van der Waals surface area (Å²) in [6.45, 7) is 3.52. The Morgan fingerprint density at radius 1 is 1.41 bits per heavy atom. The van der Waals surface area contributed by atoms with Gasteiger partial charge in [0.15, 0.2) is 11.6 Å². The zero-order chi connectivity index (χ0) is 12.8. The van der Waals surface area contributed by atoms with Gasteiger partial charge in [-0.3, -0.25) is 0 Å². The average molecular weight is 259 g/mol. The second-order valence-electron chi connectivity index (χ2n) is 3.66. The highest BCUT2D eigenvalue weighted by Gasteiger charge is 2.10. The first kappa shape index (κ1) is 14.0. The number of unbranched alkanes of at least 4 members (excludes halogenated alkanes) is 1. The molecule has 94 valence electrons. The first-order valence-electron chi connectivity index (χ1n) is 5.44. The van der Waals surface area contributed by atoms with Gasteiger partial charge in [-0.1, -0.05) is 19.4 Å². The molecule has 0 amide bonds. The van der Waals surface area contributed by atoms with E-state index in [1.807, 2.05) is 6.92 Å². The average Bonchev–Trinajstić information content (AvgIpc) is 2.29. The molecule has 0 heterocycles.